The first-order valence-electron chi connectivity index (χ1n) is 7.92. The van der Waals surface area contributed by atoms with Gasteiger partial charge in [-0.05, 0) is 45.4 Å². The number of nitrogens with two attached hydrogens (primary N) is 1. The molecule has 0 spiro atoms. The number of hydrazine groups is 1. The van der Waals surface area contributed by atoms with E-state index in [-0.39, 0.29) is 11.6 Å². The Morgan fingerprint density at radius 1 is 1.48 bits per heavy atom. The SMILES string of the molecule is COC1(C(Cc2ncnn2C(C)C)NN)CCC(C)CC1. The van der Waals surface area contributed by atoms with Crippen LogP contribution in [0.15, 0.2) is 6.33 Å². The van der Waals surface area contributed by atoms with Crippen LogP contribution in [0.5, 0.6) is 0 Å². The van der Waals surface area contributed by atoms with Gasteiger partial charge in [-0.15, -0.1) is 0 Å². The van der Waals surface area contributed by atoms with Gasteiger partial charge in [0.25, 0.3) is 0 Å². The fraction of sp³-hybridized carbons (Fsp3) is 0.867. The van der Waals surface area contributed by atoms with Crippen molar-refractivity contribution in [2.75, 3.05) is 7.11 Å². The summed E-state index contributed by atoms with van der Waals surface area (Å²) in [7, 11) is 1.80. The largest absolute Gasteiger partial charge is 0.377 e. The first-order chi connectivity index (χ1) is 10.0. The van der Waals surface area contributed by atoms with Gasteiger partial charge < -0.3 is 4.74 Å². The molecule has 0 radical (unpaired) electrons. The maximum absolute atomic E-state index is 5.93. The Balaban J connectivity index is 2.16. The Bertz CT molecular complexity index is 437. The molecule has 1 aromatic heterocycles. The molecule has 120 valence electrons. The maximum Gasteiger partial charge on any atom is 0.138 e. The van der Waals surface area contributed by atoms with Gasteiger partial charge in [-0.1, -0.05) is 6.92 Å². The Morgan fingerprint density at radius 3 is 2.67 bits per heavy atom. The van der Waals surface area contributed by atoms with Crippen LogP contribution in [0.3, 0.4) is 0 Å². The Labute approximate surface area is 127 Å². The van der Waals surface area contributed by atoms with Crippen LogP contribution in [0.25, 0.3) is 0 Å². The number of rotatable bonds is 6. The minimum Gasteiger partial charge on any atom is -0.377 e. The average Bonchev–Trinajstić information content (AvgIpc) is 2.94. The number of methoxy groups -OCH3 is 1. The molecule has 1 aliphatic carbocycles. The summed E-state index contributed by atoms with van der Waals surface area (Å²) in [6.07, 6.45) is 6.79. The molecule has 0 saturated heterocycles. The van der Waals surface area contributed by atoms with Crippen LogP contribution in [0.4, 0.5) is 0 Å². The van der Waals surface area contributed by atoms with Crippen LogP contribution in [-0.4, -0.2) is 33.5 Å². The second-order valence-corrected chi connectivity index (χ2v) is 6.59. The zero-order valence-corrected chi connectivity index (χ0v) is 13.7. The highest BCUT2D eigenvalue weighted by Crippen LogP contribution is 2.37. The van der Waals surface area contributed by atoms with E-state index in [4.69, 9.17) is 10.6 Å². The molecule has 0 amide bonds. The quantitative estimate of drug-likeness (QED) is 0.618. The highest BCUT2D eigenvalue weighted by atomic mass is 16.5. The van der Waals surface area contributed by atoms with Crippen LogP contribution >= 0.6 is 0 Å². The van der Waals surface area contributed by atoms with E-state index in [1.54, 1.807) is 13.4 Å². The van der Waals surface area contributed by atoms with Crippen LogP contribution in [0.2, 0.25) is 0 Å². The second-order valence-electron chi connectivity index (χ2n) is 6.59. The van der Waals surface area contributed by atoms with Crippen molar-refractivity contribution in [1.29, 1.82) is 0 Å². The molecule has 3 N–H and O–H groups in total. The van der Waals surface area contributed by atoms with Crippen molar-refractivity contribution in [2.45, 2.75) is 70.6 Å². The minimum absolute atomic E-state index is 0.0525. The number of hydrogen-bond donors (Lipinski definition) is 2. The molecule has 1 unspecified atom stereocenters. The molecule has 2 rings (SSSR count). The Morgan fingerprint density at radius 2 is 2.14 bits per heavy atom. The summed E-state index contributed by atoms with van der Waals surface area (Å²) in [5.74, 6) is 7.58. The Hall–Kier alpha value is -0.980. The summed E-state index contributed by atoms with van der Waals surface area (Å²) in [5.41, 5.74) is 2.78. The van der Waals surface area contributed by atoms with Crippen molar-refractivity contribution >= 4 is 0 Å². The van der Waals surface area contributed by atoms with Gasteiger partial charge >= 0.3 is 0 Å². The van der Waals surface area contributed by atoms with Gasteiger partial charge in [0.1, 0.15) is 12.2 Å². The van der Waals surface area contributed by atoms with E-state index < -0.39 is 0 Å². The van der Waals surface area contributed by atoms with Crippen molar-refractivity contribution in [3.05, 3.63) is 12.2 Å². The van der Waals surface area contributed by atoms with Gasteiger partial charge in [-0.2, -0.15) is 5.10 Å². The summed E-state index contributed by atoms with van der Waals surface area (Å²) >= 11 is 0. The molecule has 6 heteroatoms. The second kappa shape index (κ2) is 6.85. The number of hydrogen-bond acceptors (Lipinski definition) is 5. The van der Waals surface area contributed by atoms with Crippen molar-refractivity contribution in [3.8, 4) is 0 Å². The first-order valence-corrected chi connectivity index (χ1v) is 7.92. The third kappa shape index (κ3) is 3.44. The predicted molar refractivity (Wildman–Crippen MR) is 82.6 cm³/mol. The van der Waals surface area contributed by atoms with E-state index in [2.05, 4.69) is 36.3 Å². The highest BCUT2D eigenvalue weighted by Gasteiger charge is 2.41. The molecule has 1 heterocycles. The van der Waals surface area contributed by atoms with E-state index in [0.717, 1.165) is 31.0 Å². The molecular weight excluding hydrogens is 266 g/mol. The number of nitrogens with one attached hydrogen (secondary N) is 1. The van der Waals surface area contributed by atoms with Crippen LogP contribution in [0.1, 0.15) is 58.3 Å². The van der Waals surface area contributed by atoms with E-state index in [9.17, 15) is 0 Å². The lowest BCUT2D eigenvalue weighted by Crippen LogP contribution is -2.57. The van der Waals surface area contributed by atoms with Crippen molar-refractivity contribution in [3.63, 3.8) is 0 Å². The summed E-state index contributed by atoms with van der Waals surface area (Å²) in [6, 6.07) is 0.350. The smallest absolute Gasteiger partial charge is 0.138 e. The van der Waals surface area contributed by atoms with Gasteiger partial charge in [0, 0.05) is 19.6 Å². The first kappa shape index (κ1) is 16.4. The van der Waals surface area contributed by atoms with E-state index >= 15 is 0 Å². The lowest BCUT2D eigenvalue weighted by atomic mass is 9.74. The lowest BCUT2D eigenvalue weighted by Gasteiger charge is -2.43. The fourth-order valence-corrected chi connectivity index (χ4v) is 3.38. The number of aromatic nitrogens is 3. The zero-order valence-electron chi connectivity index (χ0n) is 13.7. The van der Waals surface area contributed by atoms with Crippen molar-refractivity contribution in [2.24, 2.45) is 11.8 Å². The zero-order chi connectivity index (χ0) is 15.5. The highest BCUT2D eigenvalue weighted by molar-refractivity contribution is 5.02. The third-order valence-corrected chi connectivity index (χ3v) is 4.89. The molecular formula is C15H29N5O. The van der Waals surface area contributed by atoms with Gasteiger partial charge in [0.15, 0.2) is 0 Å². The lowest BCUT2D eigenvalue weighted by molar-refractivity contribution is -0.0752. The summed E-state index contributed by atoms with van der Waals surface area (Å²) < 4.78 is 7.89. The molecule has 21 heavy (non-hydrogen) atoms. The van der Waals surface area contributed by atoms with E-state index in [0.29, 0.717) is 6.04 Å². The standard InChI is InChI=1S/C15H29N5O/c1-11(2)20-14(17-10-18-20)9-13(19-16)15(21-4)7-5-12(3)6-8-15/h10-13,19H,5-9,16H2,1-4H3. The molecule has 0 bridgehead atoms. The van der Waals surface area contributed by atoms with Crippen LogP contribution < -0.4 is 11.3 Å². The molecule has 1 atom stereocenters. The molecule has 1 aromatic rings. The van der Waals surface area contributed by atoms with Gasteiger partial charge in [-0.25, -0.2) is 9.67 Å². The molecule has 0 aromatic carbocycles. The van der Waals surface area contributed by atoms with Crippen molar-refractivity contribution < 1.29 is 4.74 Å². The minimum atomic E-state index is -0.199. The fourth-order valence-electron chi connectivity index (χ4n) is 3.38. The summed E-state index contributed by atoms with van der Waals surface area (Å²) in [5, 5.41) is 4.30. The monoisotopic (exact) mass is 295 g/mol. The summed E-state index contributed by atoms with van der Waals surface area (Å²) in [6.45, 7) is 6.52. The number of nitrogens with zero attached hydrogens (tertiary/aromatic N) is 3. The van der Waals surface area contributed by atoms with Crippen molar-refractivity contribution in [1.82, 2.24) is 20.2 Å². The predicted octanol–water partition coefficient (Wildman–Crippen LogP) is 1.83. The number of ether oxygens (including phenoxy) is 1. The maximum atomic E-state index is 5.93. The summed E-state index contributed by atoms with van der Waals surface area (Å²) in [4.78, 5) is 4.40. The molecule has 6 nitrogen and oxygen atoms in total. The van der Waals surface area contributed by atoms with Gasteiger partial charge in [-0.3, -0.25) is 11.3 Å². The third-order valence-electron chi connectivity index (χ3n) is 4.89. The van der Waals surface area contributed by atoms with Crippen LogP contribution in [0, 0.1) is 5.92 Å². The molecule has 1 aliphatic rings. The van der Waals surface area contributed by atoms with Gasteiger partial charge in [0.2, 0.25) is 0 Å². The van der Waals surface area contributed by atoms with E-state index in [1.165, 1.54) is 12.8 Å². The molecule has 1 saturated carbocycles. The van der Waals surface area contributed by atoms with Gasteiger partial charge in [0.05, 0.1) is 11.6 Å². The average molecular weight is 295 g/mol. The Kier molecular flexibility index (Phi) is 5.35. The normalized spacial score (nSPS) is 28.0. The van der Waals surface area contributed by atoms with E-state index in [1.807, 2.05) is 4.68 Å². The van der Waals surface area contributed by atoms with Crippen LogP contribution in [-0.2, 0) is 11.2 Å². The molecule has 1 fully saturated rings. The topological polar surface area (TPSA) is 78.0 Å². The molecule has 0 aliphatic heterocycles.